The minimum atomic E-state index is -0.696. The van der Waals surface area contributed by atoms with Crippen LogP contribution in [0.4, 0.5) is 11.5 Å². The number of aryl methyl sites for hydroxylation is 1. The van der Waals surface area contributed by atoms with Gasteiger partial charge in [-0.3, -0.25) is 19.3 Å². The summed E-state index contributed by atoms with van der Waals surface area (Å²) in [5.74, 6) is 0.113. The first-order valence-electron chi connectivity index (χ1n) is 9.62. The number of hydrogen-bond donors (Lipinski definition) is 1. The Morgan fingerprint density at radius 3 is 2.83 bits per heavy atom. The highest BCUT2D eigenvalue weighted by molar-refractivity contribution is 5.59. The van der Waals surface area contributed by atoms with E-state index in [0.717, 1.165) is 18.4 Å². The summed E-state index contributed by atoms with van der Waals surface area (Å²) in [5.41, 5.74) is 1.38. The standard InChI is InChI=1S/C21H22N4O4/c1-14-7-9-15(10-8-14)19-16(5-4-12-29-19)13-22-20-18(25(27)28)21(26)24-11-3-2-6-17(24)23-20/h2-3,6-11,16,19,22H,4-5,12-13H2,1H3. The Morgan fingerprint density at radius 1 is 1.28 bits per heavy atom. The van der Waals surface area contributed by atoms with Crippen molar-refractivity contribution in [3.05, 3.63) is 80.3 Å². The lowest BCUT2D eigenvalue weighted by Crippen LogP contribution is -2.29. The van der Waals surface area contributed by atoms with Crippen molar-refractivity contribution in [1.29, 1.82) is 0 Å². The molecule has 3 heterocycles. The second kappa shape index (κ2) is 8.00. The fraction of sp³-hybridized carbons (Fsp3) is 0.333. The van der Waals surface area contributed by atoms with E-state index in [1.54, 1.807) is 18.2 Å². The number of pyridine rings is 1. The molecule has 0 aliphatic carbocycles. The summed E-state index contributed by atoms with van der Waals surface area (Å²) in [7, 11) is 0. The number of anilines is 1. The molecule has 1 fully saturated rings. The molecular weight excluding hydrogens is 372 g/mol. The maximum Gasteiger partial charge on any atom is 0.376 e. The van der Waals surface area contributed by atoms with E-state index in [0.29, 0.717) is 18.8 Å². The van der Waals surface area contributed by atoms with Gasteiger partial charge in [-0.25, -0.2) is 4.98 Å². The monoisotopic (exact) mass is 394 g/mol. The van der Waals surface area contributed by atoms with Crippen molar-refractivity contribution in [2.75, 3.05) is 18.5 Å². The molecule has 1 saturated heterocycles. The van der Waals surface area contributed by atoms with E-state index in [1.807, 2.05) is 6.92 Å². The number of hydrogen-bond acceptors (Lipinski definition) is 6. The Balaban J connectivity index is 1.62. The second-order valence-corrected chi connectivity index (χ2v) is 7.29. The number of nitrogens with zero attached hydrogens (tertiary/aromatic N) is 3. The molecular formula is C21H22N4O4. The predicted molar refractivity (Wildman–Crippen MR) is 109 cm³/mol. The van der Waals surface area contributed by atoms with Gasteiger partial charge >= 0.3 is 11.2 Å². The third-order valence-corrected chi connectivity index (χ3v) is 5.28. The molecule has 0 radical (unpaired) electrons. The van der Waals surface area contributed by atoms with Crippen LogP contribution >= 0.6 is 0 Å². The maximum absolute atomic E-state index is 12.6. The van der Waals surface area contributed by atoms with E-state index in [1.165, 1.54) is 16.2 Å². The highest BCUT2D eigenvalue weighted by Gasteiger charge is 2.29. The van der Waals surface area contributed by atoms with Crippen LogP contribution < -0.4 is 10.9 Å². The predicted octanol–water partition coefficient (Wildman–Crippen LogP) is 3.49. The zero-order chi connectivity index (χ0) is 20.4. The number of nitro groups is 1. The molecule has 1 N–H and O–H groups in total. The highest BCUT2D eigenvalue weighted by atomic mass is 16.6. The first kappa shape index (κ1) is 19.1. The third-order valence-electron chi connectivity index (χ3n) is 5.28. The number of rotatable bonds is 5. The van der Waals surface area contributed by atoms with Crippen molar-refractivity contribution in [2.24, 2.45) is 5.92 Å². The highest BCUT2D eigenvalue weighted by Crippen LogP contribution is 2.34. The molecule has 4 rings (SSSR count). The van der Waals surface area contributed by atoms with Crippen LogP contribution in [0, 0.1) is 23.0 Å². The van der Waals surface area contributed by atoms with Gasteiger partial charge in [-0.1, -0.05) is 35.9 Å². The normalized spacial score (nSPS) is 19.2. The molecule has 0 bridgehead atoms. The van der Waals surface area contributed by atoms with Crippen LogP contribution in [0.15, 0.2) is 53.5 Å². The first-order valence-corrected chi connectivity index (χ1v) is 9.62. The quantitative estimate of drug-likeness (QED) is 0.525. The lowest BCUT2D eigenvalue weighted by molar-refractivity contribution is -0.385. The molecule has 0 spiro atoms. The average molecular weight is 394 g/mol. The minimum Gasteiger partial charge on any atom is -0.373 e. The van der Waals surface area contributed by atoms with Crippen LogP contribution in [0.25, 0.3) is 5.65 Å². The third kappa shape index (κ3) is 3.84. The zero-order valence-electron chi connectivity index (χ0n) is 16.1. The summed E-state index contributed by atoms with van der Waals surface area (Å²) in [4.78, 5) is 27.8. The Bertz CT molecular complexity index is 1090. The summed E-state index contributed by atoms with van der Waals surface area (Å²) in [6.45, 7) is 3.15. The lowest BCUT2D eigenvalue weighted by atomic mass is 9.89. The second-order valence-electron chi connectivity index (χ2n) is 7.29. The molecule has 2 unspecified atom stereocenters. The number of benzene rings is 1. The fourth-order valence-corrected chi connectivity index (χ4v) is 3.77. The van der Waals surface area contributed by atoms with Crippen LogP contribution in [-0.2, 0) is 4.74 Å². The molecule has 1 aromatic carbocycles. The molecule has 0 saturated carbocycles. The van der Waals surface area contributed by atoms with Crippen LogP contribution in [0.5, 0.6) is 0 Å². The van der Waals surface area contributed by atoms with Crippen LogP contribution in [-0.4, -0.2) is 27.5 Å². The van der Waals surface area contributed by atoms with E-state index in [4.69, 9.17) is 4.74 Å². The summed E-state index contributed by atoms with van der Waals surface area (Å²) in [6.07, 6.45) is 3.22. The van der Waals surface area contributed by atoms with Gasteiger partial charge in [-0.05, 0) is 37.5 Å². The van der Waals surface area contributed by atoms with Crippen LogP contribution in [0.2, 0.25) is 0 Å². The van der Waals surface area contributed by atoms with E-state index in [-0.39, 0.29) is 17.8 Å². The van der Waals surface area contributed by atoms with Gasteiger partial charge in [-0.2, -0.15) is 0 Å². The SMILES string of the molecule is Cc1ccc(C2OCCCC2CNc2nc3ccccn3c(=O)c2[N+](=O)[O-])cc1. The topological polar surface area (TPSA) is 98.8 Å². The Kier molecular flexibility index (Phi) is 5.26. The van der Waals surface area contributed by atoms with Crippen molar-refractivity contribution < 1.29 is 9.66 Å². The molecule has 8 nitrogen and oxygen atoms in total. The summed E-state index contributed by atoms with van der Waals surface area (Å²) in [5, 5.41) is 14.6. The molecule has 8 heteroatoms. The Morgan fingerprint density at radius 2 is 2.07 bits per heavy atom. The molecule has 2 atom stereocenters. The van der Waals surface area contributed by atoms with Gasteiger partial charge in [0.15, 0.2) is 0 Å². The van der Waals surface area contributed by atoms with E-state index < -0.39 is 16.2 Å². The molecule has 2 aromatic heterocycles. The minimum absolute atomic E-state index is 0.000528. The molecule has 0 amide bonds. The van der Waals surface area contributed by atoms with Crippen LogP contribution in [0.3, 0.4) is 0 Å². The number of fused-ring (bicyclic) bond motifs is 1. The average Bonchev–Trinajstić information content (AvgIpc) is 2.73. The molecule has 3 aromatic rings. The van der Waals surface area contributed by atoms with Crippen molar-refractivity contribution in [2.45, 2.75) is 25.9 Å². The van der Waals surface area contributed by atoms with Gasteiger partial charge in [0.1, 0.15) is 5.65 Å². The smallest absolute Gasteiger partial charge is 0.373 e. The molecule has 1 aliphatic heterocycles. The molecule has 150 valence electrons. The van der Waals surface area contributed by atoms with Gasteiger partial charge in [0.05, 0.1) is 11.0 Å². The van der Waals surface area contributed by atoms with Gasteiger partial charge in [-0.15, -0.1) is 0 Å². The van der Waals surface area contributed by atoms with E-state index >= 15 is 0 Å². The van der Waals surface area contributed by atoms with Crippen LogP contribution in [0.1, 0.15) is 30.1 Å². The maximum atomic E-state index is 12.6. The van der Waals surface area contributed by atoms with Crippen molar-refractivity contribution in [3.63, 3.8) is 0 Å². The van der Waals surface area contributed by atoms with Crippen molar-refractivity contribution >= 4 is 17.2 Å². The van der Waals surface area contributed by atoms with Crippen molar-refractivity contribution in [1.82, 2.24) is 9.38 Å². The van der Waals surface area contributed by atoms with Crippen molar-refractivity contribution in [3.8, 4) is 0 Å². The van der Waals surface area contributed by atoms with Gasteiger partial charge in [0.2, 0.25) is 5.82 Å². The van der Waals surface area contributed by atoms with Gasteiger partial charge < -0.3 is 10.1 Å². The van der Waals surface area contributed by atoms with E-state index in [2.05, 4.69) is 34.6 Å². The Labute approximate surface area is 167 Å². The van der Waals surface area contributed by atoms with Gasteiger partial charge in [0.25, 0.3) is 0 Å². The lowest BCUT2D eigenvalue weighted by Gasteiger charge is -2.32. The summed E-state index contributed by atoms with van der Waals surface area (Å²) in [6, 6.07) is 13.2. The zero-order valence-corrected chi connectivity index (χ0v) is 16.1. The molecule has 1 aliphatic rings. The number of nitrogens with one attached hydrogen (secondary N) is 1. The molecule has 29 heavy (non-hydrogen) atoms. The van der Waals surface area contributed by atoms with E-state index in [9.17, 15) is 14.9 Å². The fourth-order valence-electron chi connectivity index (χ4n) is 3.77. The first-order chi connectivity index (χ1) is 14.0. The summed E-state index contributed by atoms with van der Waals surface area (Å²) < 4.78 is 7.20. The number of aromatic nitrogens is 2. The Hall–Kier alpha value is -3.26. The summed E-state index contributed by atoms with van der Waals surface area (Å²) >= 11 is 0. The van der Waals surface area contributed by atoms with Gasteiger partial charge in [0, 0.05) is 25.3 Å². The number of ether oxygens (including phenoxy) is 1. The largest absolute Gasteiger partial charge is 0.376 e.